The molecule has 2 aromatic rings. The lowest BCUT2D eigenvalue weighted by molar-refractivity contribution is -0.687. The monoisotopic (exact) mass is 1380 g/mol. The number of esters is 3. The Kier molecular flexibility index (Phi) is 30.2. The SMILES string of the molecule is CO[C@@H]1C[C@@H]2CC[C@@H](C)[C@@](O)(O2)C(=O)C(=O)N2CCCC[C@H]2C(=O)O[C@H]([C@H](C)C[C@@H]2CC[C@@H](OC(=O)C[n+]3csc(C)c3C)[C@H](OC)C2)CC(=O)[C@H](C)/C=C(\C)[C@@H](OC(=O)C[n+]2csc(C)c2C)[C@@H](OC)C(=O)[C@H](C)C[C@H](C)/C=C/C=C/C=C/1C.[Br-].[Br-]. The fraction of sp³-hybridized carbons (Fsp3) is 0.677. The Bertz CT molecular complexity index is 2810. The van der Waals surface area contributed by atoms with Crippen molar-refractivity contribution in [3.8, 4) is 0 Å². The standard InChI is InChI=1S/C65H95N3O15S2.2BrH/c1-38-20-16-15-17-21-39(2)54(77-12)32-50-25-23-44(7)65(76,83-50)62(73)63(74)68-27-19-18-22-51(68)64(75)81-55(41(4)30-49-24-26-53(56(31-49)78-13)80-57(70)34-66-36-84-47(10)45(66)8)33-52(69)40(3)29-43(6)60(61(79-14)59(72)42(5)28-38)82-58(71)35-67-37-85-48(11)46(67)9;;/h15-17,20-21,29,36-38,40-42,44,49-51,53-56,60-61,76H,18-19,22-28,30-35H2,1-14H3;2*1H/q+2;;/p-2/b17-15+,20-16+,39-21+,43-29+;;/t38-,40-,41-,42-,44-,49+,50+,51+,53-,54-,55+,56-,60-,61+,65-;;/m1../s1. The van der Waals surface area contributed by atoms with E-state index < -0.39 is 102 Å². The third kappa shape index (κ3) is 19.9. The van der Waals surface area contributed by atoms with Crippen molar-refractivity contribution in [1.82, 2.24) is 4.90 Å². The van der Waals surface area contributed by atoms with Gasteiger partial charge in [0.05, 0.1) is 28.1 Å². The Morgan fingerprint density at radius 3 is 1.99 bits per heavy atom. The number of hydrogen-bond acceptors (Lipinski definition) is 17. The van der Waals surface area contributed by atoms with Crippen LogP contribution in [0.4, 0.5) is 0 Å². The summed E-state index contributed by atoms with van der Waals surface area (Å²) >= 11 is 3.06. The van der Waals surface area contributed by atoms with Gasteiger partial charge in [0.25, 0.3) is 11.7 Å². The molecule has 2 bridgehead atoms. The van der Waals surface area contributed by atoms with Gasteiger partial charge >= 0.3 is 17.9 Å². The van der Waals surface area contributed by atoms with E-state index >= 15 is 0 Å². The van der Waals surface area contributed by atoms with Crippen LogP contribution in [0.15, 0.2) is 58.6 Å². The highest BCUT2D eigenvalue weighted by Gasteiger charge is 2.53. The van der Waals surface area contributed by atoms with Gasteiger partial charge in [-0.1, -0.05) is 93.7 Å². The second kappa shape index (κ2) is 34.9. The smallest absolute Gasteiger partial charge is 0.373 e. The van der Waals surface area contributed by atoms with E-state index in [-0.39, 0.29) is 102 Å². The fourth-order valence-electron chi connectivity index (χ4n) is 12.4. The Hall–Kier alpha value is -4.13. The maximum absolute atomic E-state index is 14.8. The quantitative estimate of drug-likeness (QED) is 0.106. The minimum Gasteiger partial charge on any atom is -1.00 e. The molecule has 486 valence electrons. The molecule has 18 nitrogen and oxygen atoms in total. The summed E-state index contributed by atoms with van der Waals surface area (Å²) in [5, 5.41) is 12.1. The minimum absolute atomic E-state index is 0. The van der Waals surface area contributed by atoms with Crippen molar-refractivity contribution in [2.24, 2.45) is 35.5 Å². The molecule has 15 atom stereocenters. The molecule has 1 saturated carbocycles. The van der Waals surface area contributed by atoms with Crippen LogP contribution in [0.1, 0.15) is 147 Å². The van der Waals surface area contributed by atoms with Gasteiger partial charge in [0.2, 0.25) is 29.9 Å². The first kappa shape index (κ1) is 75.3. The number of cyclic esters (lactones) is 1. The van der Waals surface area contributed by atoms with Crippen LogP contribution >= 0.6 is 22.7 Å². The number of carbonyl (C=O) groups excluding carboxylic acids is 7. The molecule has 0 aromatic carbocycles. The van der Waals surface area contributed by atoms with Crippen molar-refractivity contribution in [3.05, 3.63) is 79.8 Å². The first-order valence-corrected chi connectivity index (χ1v) is 32.1. The molecule has 87 heavy (non-hydrogen) atoms. The average molecular weight is 1380 g/mol. The largest absolute Gasteiger partial charge is 1.00 e. The molecule has 1 amide bonds. The maximum atomic E-state index is 14.8. The van der Waals surface area contributed by atoms with Crippen LogP contribution in [-0.2, 0) is 79.8 Å². The van der Waals surface area contributed by atoms with E-state index in [1.165, 1.54) is 23.3 Å². The van der Waals surface area contributed by atoms with Crippen molar-refractivity contribution in [3.63, 3.8) is 0 Å². The molecule has 2 aromatic heterocycles. The number of thiazole rings is 2. The number of Topliss-reactive ketones (excluding diaryl/α,β-unsaturated/α-hetero) is 3. The van der Waals surface area contributed by atoms with E-state index in [2.05, 4.69) is 0 Å². The second-order valence-corrected chi connectivity index (χ2v) is 26.6. The van der Waals surface area contributed by atoms with E-state index in [1.807, 2.05) is 101 Å². The summed E-state index contributed by atoms with van der Waals surface area (Å²) in [6.07, 6.45) is 10.6. The Morgan fingerprint density at radius 1 is 0.747 bits per heavy atom. The molecular formula is C65H95Br2N3O15S2. The number of hydrogen-bond donors (Lipinski definition) is 1. The molecule has 6 rings (SSSR count). The van der Waals surface area contributed by atoms with Crippen LogP contribution in [0.2, 0.25) is 0 Å². The lowest BCUT2D eigenvalue weighted by atomic mass is 9.78. The van der Waals surface area contributed by atoms with Crippen LogP contribution in [0.25, 0.3) is 0 Å². The molecule has 1 aliphatic carbocycles. The summed E-state index contributed by atoms with van der Waals surface area (Å²) < 4.78 is 46.4. The fourth-order valence-corrected chi connectivity index (χ4v) is 14.0. The highest BCUT2D eigenvalue weighted by atomic mass is 79.9. The van der Waals surface area contributed by atoms with Gasteiger partial charge in [0, 0.05) is 72.3 Å². The molecule has 3 fully saturated rings. The normalized spacial score (nSPS) is 32.8. The van der Waals surface area contributed by atoms with Crippen molar-refractivity contribution >= 4 is 63.8 Å². The number of piperidine rings is 1. The topological polar surface area (TPSA) is 215 Å². The van der Waals surface area contributed by atoms with Gasteiger partial charge in [-0.05, 0) is 121 Å². The summed E-state index contributed by atoms with van der Waals surface area (Å²) in [5.74, 6) is -9.61. The van der Waals surface area contributed by atoms with Crippen molar-refractivity contribution in [2.75, 3.05) is 27.9 Å². The molecule has 3 aliphatic heterocycles. The third-order valence-corrected chi connectivity index (χ3v) is 20.2. The van der Waals surface area contributed by atoms with Gasteiger partial charge in [-0.25, -0.2) is 14.4 Å². The molecule has 22 heteroatoms. The lowest BCUT2D eigenvalue weighted by Gasteiger charge is -2.42. The van der Waals surface area contributed by atoms with Crippen molar-refractivity contribution in [2.45, 2.75) is 221 Å². The highest BCUT2D eigenvalue weighted by molar-refractivity contribution is 7.09. The van der Waals surface area contributed by atoms with Crippen LogP contribution in [0, 0.1) is 63.2 Å². The number of aliphatic hydroxyl groups is 1. The molecular weight excluding hydrogens is 1290 g/mol. The van der Waals surface area contributed by atoms with Crippen LogP contribution in [0.5, 0.6) is 0 Å². The number of methoxy groups -OCH3 is 3. The van der Waals surface area contributed by atoms with Crippen molar-refractivity contribution < 1.29 is 115 Å². The van der Waals surface area contributed by atoms with Crippen molar-refractivity contribution in [1.29, 1.82) is 0 Å². The lowest BCUT2D eigenvalue weighted by Crippen LogP contribution is -3.00. The van der Waals surface area contributed by atoms with Crippen LogP contribution < -0.4 is 43.1 Å². The van der Waals surface area contributed by atoms with E-state index in [4.69, 9.17) is 33.2 Å². The summed E-state index contributed by atoms with van der Waals surface area (Å²) in [6.45, 7) is 20.6. The first-order chi connectivity index (χ1) is 40.3. The number of carbonyl (C=O) groups is 7. The zero-order valence-corrected chi connectivity index (χ0v) is 58.2. The summed E-state index contributed by atoms with van der Waals surface area (Å²) in [5.41, 5.74) is 6.92. The zero-order valence-electron chi connectivity index (χ0n) is 53.4. The number of amides is 1. The number of fused-ring (bicyclic) bond motifs is 3. The van der Waals surface area contributed by atoms with Gasteiger partial charge in [-0.15, -0.1) is 0 Å². The molecule has 0 spiro atoms. The van der Waals surface area contributed by atoms with E-state index in [0.717, 1.165) is 26.7 Å². The van der Waals surface area contributed by atoms with E-state index in [0.29, 0.717) is 63.4 Å². The summed E-state index contributed by atoms with van der Waals surface area (Å²) in [6, 6.07) is -1.20. The predicted molar refractivity (Wildman–Crippen MR) is 321 cm³/mol. The molecule has 5 heterocycles. The Balaban J connectivity index is 0.00000810. The Morgan fingerprint density at radius 2 is 1.39 bits per heavy atom. The van der Waals surface area contributed by atoms with Crippen LogP contribution in [0.3, 0.4) is 0 Å². The molecule has 0 radical (unpaired) electrons. The number of allylic oxidation sites excluding steroid dienone is 6. The third-order valence-electron chi connectivity index (χ3n) is 18.2. The number of aryl methyl sites for hydroxylation is 2. The number of rotatable bonds is 12. The zero-order chi connectivity index (χ0) is 62.4. The number of ether oxygens (including phenoxy) is 7. The number of aromatic nitrogens is 2. The summed E-state index contributed by atoms with van der Waals surface area (Å²) in [7, 11) is 4.57. The molecule has 1 N–H and O–H groups in total. The molecule has 4 aliphatic rings. The average Bonchev–Trinajstić information content (AvgIpc) is 4.05. The minimum atomic E-state index is -2.47. The van der Waals surface area contributed by atoms with Crippen LogP contribution in [-0.4, -0.2) is 134 Å². The predicted octanol–water partition coefficient (Wildman–Crippen LogP) is 2.62. The van der Waals surface area contributed by atoms with Gasteiger partial charge < -0.3 is 77.1 Å². The van der Waals surface area contributed by atoms with Gasteiger partial charge in [-0.3, -0.25) is 19.2 Å². The van der Waals surface area contributed by atoms with Gasteiger partial charge in [0.15, 0.2) is 29.4 Å². The van der Waals surface area contributed by atoms with Gasteiger partial charge in [-0.2, -0.15) is 9.13 Å². The maximum Gasteiger partial charge on any atom is 0.373 e. The number of ketones is 3. The van der Waals surface area contributed by atoms with E-state index in [9.17, 15) is 38.7 Å². The highest BCUT2D eigenvalue weighted by Crippen LogP contribution is 2.38. The number of nitrogens with zero attached hydrogens (tertiary/aromatic N) is 3. The van der Waals surface area contributed by atoms with Gasteiger partial charge in [0.1, 0.15) is 24.0 Å². The Labute approximate surface area is 544 Å². The second-order valence-electron chi connectivity index (χ2n) is 24.5. The number of halogens is 2. The van der Waals surface area contributed by atoms with E-state index in [1.54, 1.807) is 57.0 Å². The summed E-state index contributed by atoms with van der Waals surface area (Å²) in [4.78, 5) is 104. The molecule has 2 saturated heterocycles. The first-order valence-electron chi connectivity index (χ1n) is 30.4. The molecule has 0 unspecified atom stereocenters.